The van der Waals surface area contributed by atoms with Gasteiger partial charge in [-0.1, -0.05) is 20.3 Å². The minimum absolute atomic E-state index is 0.0572. The summed E-state index contributed by atoms with van der Waals surface area (Å²) in [4.78, 5) is 25.9. The van der Waals surface area contributed by atoms with Gasteiger partial charge >= 0.3 is 5.97 Å². The summed E-state index contributed by atoms with van der Waals surface area (Å²) in [7, 11) is 1.34. The Morgan fingerprint density at radius 3 is 2.70 bits per heavy atom. The Morgan fingerprint density at radius 1 is 1.50 bits per heavy atom. The topological polar surface area (TPSA) is 84.7 Å². The Balaban J connectivity index is 2.48. The summed E-state index contributed by atoms with van der Waals surface area (Å²) in [5.74, 6) is 0.0304. The summed E-state index contributed by atoms with van der Waals surface area (Å²) >= 11 is 0. The predicted octanol–water partition coefficient (Wildman–Crippen LogP) is -0.0291. The molecule has 0 aromatic heterocycles. The maximum Gasteiger partial charge on any atom is 0.328 e. The Kier molecular flexibility index (Phi) is 6.95. The summed E-state index contributed by atoms with van der Waals surface area (Å²) in [5.41, 5.74) is 5.63. The molecule has 20 heavy (non-hydrogen) atoms. The van der Waals surface area contributed by atoms with Crippen molar-refractivity contribution < 1.29 is 14.3 Å². The van der Waals surface area contributed by atoms with Crippen molar-refractivity contribution in [2.45, 2.75) is 32.7 Å². The number of amides is 1. The lowest BCUT2D eigenvalue weighted by Gasteiger charge is -2.23. The molecule has 0 saturated carbocycles. The molecule has 0 spiro atoms. The molecule has 1 rings (SSSR count). The second-order valence-corrected chi connectivity index (χ2v) is 5.58. The third-order valence-electron chi connectivity index (χ3n) is 4.06. The molecule has 1 aliphatic heterocycles. The summed E-state index contributed by atoms with van der Waals surface area (Å²) in [6.07, 6.45) is 1.84. The lowest BCUT2D eigenvalue weighted by Crippen LogP contribution is -2.48. The molecule has 0 aromatic rings. The monoisotopic (exact) mass is 285 g/mol. The molecular formula is C14H27N3O3. The van der Waals surface area contributed by atoms with E-state index in [0.717, 1.165) is 25.9 Å². The zero-order chi connectivity index (χ0) is 15.1. The van der Waals surface area contributed by atoms with Gasteiger partial charge in [0.25, 0.3) is 0 Å². The van der Waals surface area contributed by atoms with E-state index in [1.165, 1.54) is 7.11 Å². The number of nitrogens with zero attached hydrogens (tertiary/aromatic N) is 1. The van der Waals surface area contributed by atoms with Crippen LogP contribution in [0.1, 0.15) is 26.7 Å². The van der Waals surface area contributed by atoms with Crippen LogP contribution in [0.15, 0.2) is 0 Å². The highest BCUT2D eigenvalue weighted by Crippen LogP contribution is 2.14. The van der Waals surface area contributed by atoms with E-state index in [0.29, 0.717) is 19.0 Å². The zero-order valence-electron chi connectivity index (χ0n) is 12.7. The SMILES string of the molecule is CCC(C)C(NC(=O)CN1CCC(CN)C1)C(=O)OC. The number of ether oxygens (including phenoxy) is 1. The van der Waals surface area contributed by atoms with E-state index in [1.807, 2.05) is 13.8 Å². The van der Waals surface area contributed by atoms with Crippen molar-refractivity contribution in [2.24, 2.45) is 17.6 Å². The van der Waals surface area contributed by atoms with E-state index in [1.54, 1.807) is 0 Å². The number of carbonyl (C=O) groups is 2. The van der Waals surface area contributed by atoms with Crippen LogP contribution in [0.4, 0.5) is 0 Å². The highest BCUT2D eigenvalue weighted by molar-refractivity contribution is 5.85. The van der Waals surface area contributed by atoms with Crippen molar-refractivity contribution in [3.8, 4) is 0 Å². The first kappa shape index (κ1) is 16.9. The molecule has 3 atom stereocenters. The molecule has 1 amide bonds. The van der Waals surface area contributed by atoms with Gasteiger partial charge in [-0.25, -0.2) is 4.79 Å². The molecule has 0 aromatic carbocycles. The third kappa shape index (κ3) is 4.76. The van der Waals surface area contributed by atoms with Crippen molar-refractivity contribution in [3.63, 3.8) is 0 Å². The number of hydrogen-bond donors (Lipinski definition) is 2. The summed E-state index contributed by atoms with van der Waals surface area (Å²) in [6.45, 7) is 6.65. The van der Waals surface area contributed by atoms with Gasteiger partial charge in [0.15, 0.2) is 0 Å². The molecule has 3 unspecified atom stereocenters. The van der Waals surface area contributed by atoms with E-state index in [2.05, 4.69) is 10.2 Å². The molecule has 6 heteroatoms. The lowest BCUT2D eigenvalue weighted by molar-refractivity contribution is -0.146. The van der Waals surface area contributed by atoms with Crippen molar-refractivity contribution in [1.29, 1.82) is 0 Å². The van der Waals surface area contributed by atoms with Crippen molar-refractivity contribution in [1.82, 2.24) is 10.2 Å². The average molecular weight is 285 g/mol. The van der Waals surface area contributed by atoms with Crippen LogP contribution in [0, 0.1) is 11.8 Å². The van der Waals surface area contributed by atoms with Gasteiger partial charge in [-0.3, -0.25) is 9.69 Å². The molecule has 116 valence electrons. The van der Waals surface area contributed by atoms with E-state index in [9.17, 15) is 9.59 Å². The largest absolute Gasteiger partial charge is 0.467 e. The maximum absolute atomic E-state index is 12.1. The van der Waals surface area contributed by atoms with E-state index in [4.69, 9.17) is 10.5 Å². The van der Waals surface area contributed by atoms with Gasteiger partial charge < -0.3 is 15.8 Å². The first-order valence-electron chi connectivity index (χ1n) is 7.31. The number of esters is 1. The van der Waals surface area contributed by atoms with Gasteiger partial charge in [0, 0.05) is 6.54 Å². The fraction of sp³-hybridized carbons (Fsp3) is 0.857. The van der Waals surface area contributed by atoms with Gasteiger partial charge in [0.05, 0.1) is 13.7 Å². The highest BCUT2D eigenvalue weighted by Gasteiger charge is 2.28. The molecule has 0 bridgehead atoms. The molecule has 6 nitrogen and oxygen atoms in total. The average Bonchev–Trinajstić information content (AvgIpc) is 2.90. The Morgan fingerprint density at radius 2 is 2.20 bits per heavy atom. The maximum atomic E-state index is 12.1. The molecule has 1 fully saturated rings. The smallest absolute Gasteiger partial charge is 0.328 e. The van der Waals surface area contributed by atoms with Crippen LogP contribution in [0.3, 0.4) is 0 Å². The predicted molar refractivity (Wildman–Crippen MR) is 77.0 cm³/mol. The van der Waals surface area contributed by atoms with E-state index in [-0.39, 0.29) is 17.8 Å². The van der Waals surface area contributed by atoms with Gasteiger partial charge in [-0.2, -0.15) is 0 Å². The number of nitrogens with one attached hydrogen (secondary N) is 1. The second kappa shape index (κ2) is 8.21. The van der Waals surface area contributed by atoms with Crippen molar-refractivity contribution in [3.05, 3.63) is 0 Å². The van der Waals surface area contributed by atoms with Crippen molar-refractivity contribution >= 4 is 11.9 Å². The van der Waals surface area contributed by atoms with E-state index < -0.39 is 6.04 Å². The van der Waals surface area contributed by atoms with Gasteiger partial charge in [-0.05, 0) is 31.3 Å². The number of nitrogens with two attached hydrogens (primary N) is 1. The van der Waals surface area contributed by atoms with Crippen LogP contribution >= 0.6 is 0 Å². The summed E-state index contributed by atoms with van der Waals surface area (Å²) in [5, 5.41) is 2.79. The third-order valence-corrected chi connectivity index (χ3v) is 4.06. The number of likely N-dealkylation sites (tertiary alicyclic amines) is 1. The molecule has 1 aliphatic rings. The lowest BCUT2D eigenvalue weighted by atomic mass is 9.99. The molecule has 3 N–H and O–H groups in total. The number of rotatable bonds is 7. The number of hydrogen-bond acceptors (Lipinski definition) is 5. The fourth-order valence-electron chi connectivity index (χ4n) is 2.47. The number of methoxy groups -OCH3 is 1. The standard InChI is InChI=1S/C14H27N3O3/c1-4-10(2)13(14(19)20-3)16-12(18)9-17-6-5-11(7-15)8-17/h10-11,13H,4-9,15H2,1-3H3,(H,16,18). The van der Waals surface area contributed by atoms with Crippen LogP contribution in [0.25, 0.3) is 0 Å². The van der Waals surface area contributed by atoms with E-state index >= 15 is 0 Å². The van der Waals surface area contributed by atoms with Crippen molar-refractivity contribution in [2.75, 3.05) is 33.3 Å². The summed E-state index contributed by atoms with van der Waals surface area (Å²) in [6, 6.07) is -0.564. The van der Waals surface area contributed by atoms with Crippen LogP contribution in [0.2, 0.25) is 0 Å². The fourth-order valence-corrected chi connectivity index (χ4v) is 2.47. The van der Waals surface area contributed by atoms with Crippen LogP contribution < -0.4 is 11.1 Å². The highest BCUT2D eigenvalue weighted by atomic mass is 16.5. The first-order valence-corrected chi connectivity index (χ1v) is 7.31. The van der Waals surface area contributed by atoms with Gasteiger partial charge in [-0.15, -0.1) is 0 Å². The number of carbonyl (C=O) groups excluding carboxylic acids is 2. The quantitative estimate of drug-likeness (QED) is 0.642. The first-order chi connectivity index (χ1) is 9.51. The molecule has 0 radical (unpaired) electrons. The van der Waals surface area contributed by atoms with Crippen LogP contribution in [-0.4, -0.2) is 56.1 Å². The minimum atomic E-state index is -0.564. The second-order valence-electron chi connectivity index (χ2n) is 5.58. The van der Waals surface area contributed by atoms with Crippen LogP contribution in [0.5, 0.6) is 0 Å². The van der Waals surface area contributed by atoms with Gasteiger partial charge in [0.1, 0.15) is 6.04 Å². The Labute approximate surface area is 121 Å². The summed E-state index contributed by atoms with van der Waals surface area (Å²) < 4.78 is 4.76. The molecule has 1 heterocycles. The molecule has 1 saturated heterocycles. The molecule has 0 aliphatic carbocycles. The Hall–Kier alpha value is -1.14. The minimum Gasteiger partial charge on any atom is -0.467 e. The van der Waals surface area contributed by atoms with Crippen LogP contribution in [-0.2, 0) is 14.3 Å². The zero-order valence-corrected chi connectivity index (χ0v) is 12.7. The van der Waals surface area contributed by atoms with Gasteiger partial charge in [0.2, 0.25) is 5.91 Å². The Bertz CT molecular complexity index is 336. The normalized spacial score (nSPS) is 22.3. The molecular weight excluding hydrogens is 258 g/mol.